The van der Waals surface area contributed by atoms with E-state index in [2.05, 4.69) is 10.2 Å². The summed E-state index contributed by atoms with van der Waals surface area (Å²) in [4.78, 5) is 16.7. The maximum Gasteiger partial charge on any atom is 0.418 e. The predicted octanol–water partition coefficient (Wildman–Crippen LogP) is 3.89. The van der Waals surface area contributed by atoms with Crippen LogP contribution in [0.2, 0.25) is 0 Å². The summed E-state index contributed by atoms with van der Waals surface area (Å²) in [5.41, 5.74) is -0.505. The Balaban J connectivity index is 1.36. The monoisotopic (exact) mass is 520 g/mol. The zero-order valence-electron chi connectivity index (χ0n) is 19.5. The number of nitrogens with one attached hydrogen (secondary N) is 1. The van der Waals surface area contributed by atoms with E-state index in [1.165, 1.54) is 28.4 Å². The van der Waals surface area contributed by atoms with Crippen LogP contribution in [0.15, 0.2) is 77.8 Å². The Labute approximate surface area is 208 Å². The molecule has 0 spiro atoms. The first-order valence-corrected chi connectivity index (χ1v) is 13.0. The van der Waals surface area contributed by atoms with Crippen LogP contribution in [0.1, 0.15) is 17.7 Å². The fraction of sp³-hybridized carbons (Fsp3) is 0.320. The summed E-state index contributed by atoms with van der Waals surface area (Å²) in [7, 11) is -3.71. The molecule has 2 heterocycles. The maximum atomic E-state index is 13.2. The highest BCUT2D eigenvalue weighted by Gasteiger charge is 2.33. The van der Waals surface area contributed by atoms with E-state index < -0.39 is 27.7 Å². The molecule has 3 aromatic rings. The summed E-state index contributed by atoms with van der Waals surface area (Å²) in [6.45, 7) is 2.81. The van der Waals surface area contributed by atoms with Gasteiger partial charge in [-0.3, -0.25) is 14.6 Å². The van der Waals surface area contributed by atoms with Gasteiger partial charge in [0.25, 0.3) is 10.0 Å². The Morgan fingerprint density at radius 2 is 1.53 bits per heavy atom. The number of nitrogens with zero attached hydrogens (tertiary/aromatic N) is 3. The normalized spacial score (nSPS) is 16.0. The van der Waals surface area contributed by atoms with Crippen LogP contribution >= 0.6 is 0 Å². The lowest BCUT2D eigenvalue weighted by Crippen LogP contribution is -2.36. The molecule has 2 aromatic carbocycles. The van der Waals surface area contributed by atoms with Gasteiger partial charge in [-0.05, 0) is 55.9 Å². The number of hydrogen-bond acceptors (Lipinski definition) is 5. The van der Waals surface area contributed by atoms with Gasteiger partial charge in [0.1, 0.15) is 0 Å². The fourth-order valence-corrected chi connectivity index (χ4v) is 5.65. The standard InChI is InChI=1S/C25H27F3N4O3S/c26-25(27,28)22-11-4-5-12-23(22)29-24(33)19-31-14-7-13-30(16-17-31)18-20-8-6-15-32(20)36(34,35)21-9-2-1-3-10-21/h1-6,8-12,15H,7,13-14,16-19H2,(H,29,33). The highest BCUT2D eigenvalue weighted by Crippen LogP contribution is 2.34. The Kier molecular flexibility index (Phi) is 7.82. The van der Waals surface area contributed by atoms with Gasteiger partial charge >= 0.3 is 6.18 Å². The van der Waals surface area contributed by atoms with Gasteiger partial charge in [-0.25, -0.2) is 12.4 Å². The van der Waals surface area contributed by atoms with E-state index in [-0.39, 0.29) is 17.1 Å². The summed E-state index contributed by atoms with van der Waals surface area (Å²) in [5.74, 6) is -0.511. The number of benzene rings is 2. The fourth-order valence-electron chi connectivity index (χ4n) is 4.27. The van der Waals surface area contributed by atoms with Gasteiger partial charge in [0.15, 0.2) is 0 Å². The molecule has 1 amide bonds. The van der Waals surface area contributed by atoms with E-state index in [4.69, 9.17) is 0 Å². The van der Waals surface area contributed by atoms with Crippen molar-refractivity contribution in [2.24, 2.45) is 0 Å². The van der Waals surface area contributed by atoms with E-state index in [1.54, 1.807) is 42.5 Å². The minimum absolute atomic E-state index is 0.0290. The third kappa shape index (κ3) is 6.15. The zero-order chi connectivity index (χ0) is 25.8. The molecule has 0 radical (unpaired) electrons. The van der Waals surface area contributed by atoms with Crippen LogP contribution in [0.3, 0.4) is 0 Å². The topological polar surface area (TPSA) is 74.7 Å². The van der Waals surface area contributed by atoms with Gasteiger partial charge in [-0.2, -0.15) is 13.2 Å². The van der Waals surface area contributed by atoms with Crippen molar-refractivity contribution >= 4 is 21.6 Å². The van der Waals surface area contributed by atoms with E-state index in [0.717, 1.165) is 12.5 Å². The van der Waals surface area contributed by atoms with Crippen LogP contribution in [0, 0.1) is 0 Å². The number of anilines is 1. The van der Waals surface area contributed by atoms with E-state index in [9.17, 15) is 26.4 Å². The molecule has 4 rings (SSSR count). The first-order chi connectivity index (χ1) is 17.1. The van der Waals surface area contributed by atoms with Crippen LogP contribution in [-0.4, -0.2) is 60.8 Å². The minimum atomic E-state index is -4.56. The molecule has 0 bridgehead atoms. The molecule has 1 aromatic heterocycles. The average molecular weight is 521 g/mol. The molecule has 1 saturated heterocycles. The summed E-state index contributed by atoms with van der Waals surface area (Å²) in [6.07, 6.45) is -2.29. The number of hydrogen-bond donors (Lipinski definition) is 1. The molecule has 0 atom stereocenters. The Bertz CT molecular complexity index is 1290. The van der Waals surface area contributed by atoms with Gasteiger partial charge < -0.3 is 5.32 Å². The number of rotatable bonds is 7. The van der Waals surface area contributed by atoms with Crippen molar-refractivity contribution in [3.63, 3.8) is 0 Å². The molecule has 1 N–H and O–H groups in total. The van der Waals surface area contributed by atoms with Crippen molar-refractivity contribution in [3.05, 3.63) is 84.2 Å². The lowest BCUT2D eigenvalue weighted by Gasteiger charge is -2.22. The van der Waals surface area contributed by atoms with Crippen LogP contribution < -0.4 is 5.32 Å². The molecule has 36 heavy (non-hydrogen) atoms. The number of para-hydroxylation sites is 1. The number of aromatic nitrogens is 1. The van der Waals surface area contributed by atoms with Crippen LogP contribution in [0.4, 0.5) is 18.9 Å². The Morgan fingerprint density at radius 1 is 0.861 bits per heavy atom. The van der Waals surface area contributed by atoms with Crippen molar-refractivity contribution in [2.75, 3.05) is 38.0 Å². The van der Waals surface area contributed by atoms with E-state index >= 15 is 0 Å². The first-order valence-electron chi connectivity index (χ1n) is 11.5. The molecule has 0 unspecified atom stereocenters. The second-order valence-electron chi connectivity index (χ2n) is 8.61. The maximum absolute atomic E-state index is 13.2. The Hall–Kier alpha value is -3.15. The van der Waals surface area contributed by atoms with Crippen LogP contribution in [-0.2, 0) is 27.5 Å². The van der Waals surface area contributed by atoms with Crippen molar-refractivity contribution in [2.45, 2.75) is 24.0 Å². The molecule has 1 fully saturated rings. The van der Waals surface area contributed by atoms with Crippen LogP contribution in [0.5, 0.6) is 0 Å². The number of carbonyl (C=O) groups is 1. The summed E-state index contributed by atoms with van der Waals surface area (Å²) < 4.78 is 67.0. The van der Waals surface area contributed by atoms with Crippen molar-refractivity contribution in [1.29, 1.82) is 0 Å². The van der Waals surface area contributed by atoms with E-state index in [0.29, 0.717) is 38.4 Å². The second-order valence-corrected chi connectivity index (χ2v) is 10.4. The van der Waals surface area contributed by atoms with Gasteiger partial charge in [-0.15, -0.1) is 0 Å². The van der Waals surface area contributed by atoms with E-state index in [1.807, 2.05) is 4.90 Å². The summed E-state index contributed by atoms with van der Waals surface area (Å²) >= 11 is 0. The quantitative estimate of drug-likeness (QED) is 0.512. The molecular weight excluding hydrogens is 493 g/mol. The smallest absolute Gasteiger partial charge is 0.324 e. The molecular formula is C25H27F3N4O3S. The largest absolute Gasteiger partial charge is 0.418 e. The van der Waals surface area contributed by atoms with Gasteiger partial charge in [0.05, 0.1) is 22.7 Å². The summed E-state index contributed by atoms with van der Waals surface area (Å²) in [5, 5.41) is 2.39. The third-order valence-electron chi connectivity index (χ3n) is 6.03. The molecule has 1 aliphatic rings. The number of halogens is 3. The van der Waals surface area contributed by atoms with Gasteiger partial charge in [-0.1, -0.05) is 30.3 Å². The number of carbonyl (C=O) groups excluding carboxylic acids is 1. The Morgan fingerprint density at radius 3 is 2.28 bits per heavy atom. The highest BCUT2D eigenvalue weighted by atomic mass is 32.2. The van der Waals surface area contributed by atoms with Crippen molar-refractivity contribution in [1.82, 2.24) is 13.8 Å². The lowest BCUT2D eigenvalue weighted by molar-refractivity contribution is -0.137. The third-order valence-corrected chi connectivity index (χ3v) is 7.78. The lowest BCUT2D eigenvalue weighted by atomic mass is 10.1. The van der Waals surface area contributed by atoms with Crippen molar-refractivity contribution < 1.29 is 26.4 Å². The van der Waals surface area contributed by atoms with Gasteiger partial charge in [0.2, 0.25) is 5.91 Å². The van der Waals surface area contributed by atoms with Crippen molar-refractivity contribution in [3.8, 4) is 0 Å². The SMILES string of the molecule is O=C(CN1CCCN(Cc2cccn2S(=O)(=O)c2ccccc2)CC1)Nc1ccccc1C(F)(F)F. The average Bonchev–Trinajstić information content (AvgIpc) is 3.20. The molecule has 1 aliphatic heterocycles. The predicted molar refractivity (Wildman–Crippen MR) is 130 cm³/mol. The minimum Gasteiger partial charge on any atom is -0.324 e. The molecule has 0 saturated carbocycles. The number of alkyl halides is 3. The van der Waals surface area contributed by atoms with Gasteiger partial charge in [0, 0.05) is 31.5 Å². The van der Waals surface area contributed by atoms with Crippen LogP contribution in [0.25, 0.3) is 0 Å². The molecule has 11 heteroatoms. The second kappa shape index (κ2) is 10.9. The summed E-state index contributed by atoms with van der Waals surface area (Å²) in [6, 6.07) is 16.6. The first kappa shape index (κ1) is 25.9. The molecule has 192 valence electrons. The highest BCUT2D eigenvalue weighted by molar-refractivity contribution is 7.90. The zero-order valence-corrected chi connectivity index (χ0v) is 20.3. The number of amides is 1. The molecule has 0 aliphatic carbocycles. The molecule has 7 nitrogen and oxygen atoms in total.